The van der Waals surface area contributed by atoms with Crippen molar-refractivity contribution in [2.75, 3.05) is 7.11 Å². The van der Waals surface area contributed by atoms with Gasteiger partial charge in [-0.2, -0.15) is 0 Å². The van der Waals surface area contributed by atoms with Gasteiger partial charge in [-0.15, -0.1) is 0 Å². The first kappa shape index (κ1) is 9.02. The number of rotatable bonds is 3. The fraction of sp³-hybridized carbons (Fsp3) is 0.300. The van der Waals surface area contributed by atoms with Crippen LogP contribution in [0.2, 0.25) is 0 Å². The summed E-state index contributed by atoms with van der Waals surface area (Å²) in [6, 6.07) is 7.10. The molecule has 1 fully saturated rings. The molecule has 0 bridgehead atoms. The number of epoxide rings is 1. The molecule has 0 N–H and O–H groups in total. The van der Waals surface area contributed by atoms with E-state index >= 15 is 0 Å². The van der Waals surface area contributed by atoms with Crippen molar-refractivity contribution in [1.29, 1.82) is 0 Å². The molecule has 1 saturated heterocycles. The van der Waals surface area contributed by atoms with Crippen LogP contribution in [-0.4, -0.2) is 19.2 Å². The van der Waals surface area contributed by atoms with Crippen LogP contribution in [0.3, 0.4) is 0 Å². The van der Waals surface area contributed by atoms with Gasteiger partial charge in [-0.05, 0) is 17.7 Å². The van der Waals surface area contributed by atoms with Crippen LogP contribution in [0.15, 0.2) is 24.3 Å². The number of carboxylic acids is 1. The summed E-state index contributed by atoms with van der Waals surface area (Å²) in [5.41, 5.74) is 0.833. The zero-order valence-electron chi connectivity index (χ0n) is 7.60. The molecule has 4 nitrogen and oxygen atoms in total. The van der Waals surface area contributed by atoms with E-state index in [0.29, 0.717) is 0 Å². The summed E-state index contributed by atoms with van der Waals surface area (Å²) < 4.78 is 9.91. The first-order chi connectivity index (χ1) is 6.72. The molecule has 2 rings (SSSR count). The number of hydrogen-bond acceptors (Lipinski definition) is 4. The predicted octanol–water partition coefficient (Wildman–Crippen LogP) is -0.115. The fourth-order valence-corrected chi connectivity index (χ4v) is 1.34. The number of carbonyl (C=O) groups is 1. The molecule has 0 radical (unpaired) electrons. The second-order valence-corrected chi connectivity index (χ2v) is 3.07. The van der Waals surface area contributed by atoms with E-state index in [-0.39, 0.29) is 6.10 Å². The minimum Gasteiger partial charge on any atom is -0.547 e. The molecule has 2 atom stereocenters. The number of hydrogen-bond donors (Lipinski definition) is 0. The Morgan fingerprint density at radius 2 is 2.07 bits per heavy atom. The van der Waals surface area contributed by atoms with E-state index in [1.807, 2.05) is 0 Å². The zero-order valence-corrected chi connectivity index (χ0v) is 7.60. The highest BCUT2D eigenvalue weighted by Crippen LogP contribution is 2.38. The summed E-state index contributed by atoms with van der Waals surface area (Å²) in [6.07, 6.45) is -1.14. The molecule has 0 aliphatic carbocycles. The average molecular weight is 193 g/mol. The Kier molecular flexibility index (Phi) is 2.13. The fourth-order valence-electron chi connectivity index (χ4n) is 1.34. The Morgan fingerprint density at radius 3 is 2.50 bits per heavy atom. The van der Waals surface area contributed by atoms with Gasteiger partial charge in [0.25, 0.3) is 0 Å². The lowest BCUT2D eigenvalue weighted by Crippen LogP contribution is -2.28. The maximum atomic E-state index is 10.4. The van der Waals surface area contributed by atoms with Crippen LogP contribution in [0.25, 0.3) is 0 Å². The van der Waals surface area contributed by atoms with Crippen molar-refractivity contribution in [2.24, 2.45) is 0 Å². The van der Waals surface area contributed by atoms with Gasteiger partial charge in [0, 0.05) is 0 Å². The number of benzene rings is 1. The monoisotopic (exact) mass is 193 g/mol. The second-order valence-electron chi connectivity index (χ2n) is 3.07. The van der Waals surface area contributed by atoms with Gasteiger partial charge in [-0.25, -0.2) is 0 Å². The van der Waals surface area contributed by atoms with E-state index < -0.39 is 12.1 Å². The summed E-state index contributed by atoms with van der Waals surface area (Å²) in [6.45, 7) is 0. The van der Waals surface area contributed by atoms with Crippen LogP contribution in [0.5, 0.6) is 5.75 Å². The normalized spacial score (nSPS) is 24.4. The summed E-state index contributed by atoms with van der Waals surface area (Å²) in [4.78, 5) is 10.4. The number of carbonyl (C=O) groups excluding carboxylic acids is 1. The zero-order chi connectivity index (χ0) is 10.1. The molecule has 0 amide bonds. The van der Waals surface area contributed by atoms with Gasteiger partial charge >= 0.3 is 0 Å². The molecule has 74 valence electrons. The van der Waals surface area contributed by atoms with E-state index in [0.717, 1.165) is 11.3 Å². The van der Waals surface area contributed by atoms with Crippen LogP contribution in [0.1, 0.15) is 11.7 Å². The molecule has 0 unspecified atom stereocenters. The standard InChI is InChI=1S/C10H10O4/c1-13-7-4-2-6(3-5-7)8-9(14-8)10(11)12/h2-5,8-9H,1H3,(H,11,12)/p-1/t8-,9-/m0/s1. The number of aliphatic carboxylic acids is 1. The van der Waals surface area contributed by atoms with Crippen molar-refractivity contribution in [3.05, 3.63) is 29.8 Å². The topological polar surface area (TPSA) is 61.9 Å². The Labute approximate surface area is 81.1 Å². The molecule has 1 aromatic rings. The smallest absolute Gasteiger partial charge is 0.128 e. The summed E-state index contributed by atoms with van der Waals surface area (Å²) in [5.74, 6) is -0.426. The third-order valence-electron chi connectivity index (χ3n) is 2.17. The molecule has 1 aliphatic heterocycles. The first-order valence-corrected chi connectivity index (χ1v) is 4.22. The minimum absolute atomic E-state index is 0.356. The SMILES string of the molecule is COc1ccc([C@@H]2O[C@@H]2C(=O)[O-])cc1. The Hall–Kier alpha value is -1.55. The molecule has 1 aromatic carbocycles. The van der Waals surface area contributed by atoms with E-state index in [4.69, 9.17) is 9.47 Å². The first-order valence-electron chi connectivity index (χ1n) is 4.22. The lowest BCUT2D eigenvalue weighted by atomic mass is 10.1. The molecule has 4 heteroatoms. The van der Waals surface area contributed by atoms with E-state index in [2.05, 4.69) is 0 Å². The van der Waals surface area contributed by atoms with Crippen LogP contribution in [0.4, 0.5) is 0 Å². The number of methoxy groups -OCH3 is 1. The predicted molar refractivity (Wildman–Crippen MR) is 45.6 cm³/mol. The van der Waals surface area contributed by atoms with E-state index in [1.54, 1.807) is 31.4 Å². The summed E-state index contributed by atoms with van der Waals surface area (Å²) >= 11 is 0. The van der Waals surface area contributed by atoms with Gasteiger partial charge in [-0.3, -0.25) is 0 Å². The number of ether oxygens (including phenoxy) is 2. The molecule has 14 heavy (non-hydrogen) atoms. The van der Waals surface area contributed by atoms with Crippen molar-refractivity contribution in [1.82, 2.24) is 0 Å². The van der Waals surface area contributed by atoms with Gasteiger partial charge in [0.2, 0.25) is 0 Å². The highest BCUT2D eigenvalue weighted by atomic mass is 16.6. The van der Waals surface area contributed by atoms with E-state index in [1.165, 1.54) is 0 Å². The van der Waals surface area contributed by atoms with Crippen molar-refractivity contribution in [2.45, 2.75) is 12.2 Å². The van der Waals surface area contributed by atoms with Crippen LogP contribution in [0, 0.1) is 0 Å². The third kappa shape index (κ3) is 1.56. The summed E-state index contributed by atoms with van der Waals surface area (Å²) in [7, 11) is 1.58. The highest BCUT2D eigenvalue weighted by Gasteiger charge is 2.41. The Balaban J connectivity index is 2.08. The van der Waals surface area contributed by atoms with Crippen molar-refractivity contribution in [3.8, 4) is 5.75 Å². The van der Waals surface area contributed by atoms with Gasteiger partial charge in [0.05, 0.1) is 13.1 Å². The van der Waals surface area contributed by atoms with Crippen molar-refractivity contribution in [3.63, 3.8) is 0 Å². The van der Waals surface area contributed by atoms with Crippen LogP contribution >= 0.6 is 0 Å². The lowest BCUT2D eigenvalue weighted by molar-refractivity contribution is -0.307. The maximum absolute atomic E-state index is 10.4. The largest absolute Gasteiger partial charge is 0.547 e. The molecule has 0 aromatic heterocycles. The second kappa shape index (κ2) is 3.31. The highest BCUT2D eigenvalue weighted by molar-refractivity contribution is 5.74. The lowest BCUT2D eigenvalue weighted by Gasteiger charge is -2.00. The molecule has 0 saturated carbocycles. The average Bonchev–Trinajstić information content (AvgIpc) is 2.97. The Bertz CT molecular complexity index is 344. The minimum atomic E-state index is -1.16. The van der Waals surface area contributed by atoms with E-state index in [9.17, 15) is 9.90 Å². The van der Waals surface area contributed by atoms with Gasteiger partial charge in [0.1, 0.15) is 18.0 Å². The molecule has 1 heterocycles. The molecular weight excluding hydrogens is 184 g/mol. The number of carboxylic acid groups (broad SMARTS) is 1. The van der Waals surface area contributed by atoms with Crippen LogP contribution < -0.4 is 9.84 Å². The van der Waals surface area contributed by atoms with Crippen molar-refractivity contribution < 1.29 is 19.4 Å². The molecular formula is C10H9O4-. The third-order valence-corrected chi connectivity index (χ3v) is 2.17. The van der Waals surface area contributed by atoms with Crippen molar-refractivity contribution >= 4 is 5.97 Å². The van der Waals surface area contributed by atoms with Gasteiger partial charge < -0.3 is 19.4 Å². The Morgan fingerprint density at radius 1 is 1.43 bits per heavy atom. The molecule has 0 spiro atoms. The quantitative estimate of drug-likeness (QED) is 0.628. The van der Waals surface area contributed by atoms with Crippen LogP contribution in [-0.2, 0) is 9.53 Å². The van der Waals surface area contributed by atoms with Gasteiger partial charge in [-0.1, -0.05) is 12.1 Å². The van der Waals surface area contributed by atoms with Gasteiger partial charge in [0.15, 0.2) is 0 Å². The maximum Gasteiger partial charge on any atom is 0.128 e. The summed E-state index contributed by atoms with van der Waals surface area (Å²) in [5, 5.41) is 10.4. The molecule has 1 aliphatic rings.